The summed E-state index contributed by atoms with van der Waals surface area (Å²) < 4.78 is 13.4. The molecule has 0 aliphatic carbocycles. The lowest BCUT2D eigenvalue weighted by molar-refractivity contribution is 0.600. The Balaban J connectivity index is 2.32. The third kappa shape index (κ3) is 2.63. The molecule has 0 bridgehead atoms. The van der Waals surface area contributed by atoms with Gasteiger partial charge in [-0.05, 0) is 30.4 Å². The molecule has 0 saturated carbocycles. The molecule has 3 aromatic rings. The average Bonchev–Trinajstić information content (AvgIpc) is 2.92. The number of fused-ring (bicyclic) bond motifs is 1. The molecule has 0 spiro atoms. The van der Waals surface area contributed by atoms with Crippen LogP contribution in [0.1, 0.15) is 6.92 Å². The third-order valence-electron chi connectivity index (χ3n) is 3.01. The molecule has 3 aromatic heterocycles. The molecule has 9 heteroatoms. The lowest BCUT2D eigenvalue weighted by Crippen LogP contribution is -2.23. The Hall–Kier alpha value is -1.48. The number of pyridine rings is 1. The van der Waals surface area contributed by atoms with Crippen LogP contribution in [0.25, 0.3) is 21.9 Å². The second-order valence-electron chi connectivity index (χ2n) is 4.43. The predicted molar refractivity (Wildman–Crippen MR) is 87.9 cm³/mol. The molecule has 3 rings (SSSR count). The van der Waals surface area contributed by atoms with Crippen LogP contribution < -0.4 is 5.56 Å². The molecule has 0 radical (unpaired) electrons. The van der Waals surface area contributed by atoms with Gasteiger partial charge in [0.2, 0.25) is 0 Å². The number of hydrogen-bond donors (Lipinski definition) is 0. The van der Waals surface area contributed by atoms with E-state index in [1.807, 2.05) is 6.92 Å². The summed E-state index contributed by atoms with van der Waals surface area (Å²) in [4.78, 5) is 25.9. The van der Waals surface area contributed by atoms with Crippen molar-refractivity contribution in [2.45, 2.75) is 17.8 Å². The SMILES string of the molecule is CCn1c(-c2cc(Cl)ccn2)nc2sc([S+](C)[O-])nc2c1=O. The van der Waals surface area contributed by atoms with Crippen molar-refractivity contribution < 1.29 is 4.55 Å². The van der Waals surface area contributed by atoms with Gasteiger partial charge in [0, 0.05) is 28.9 Å². The molecule has 0 aromatic carbocycles. The van der Waals surface area contributed by atoms with Gasteiger partial charge in [-0.15, -0.1) is 0 Å². The Labute approximate surface area is 138 Å². The molecular weight excluding hydrogens is 344 g/mol. The van der Waals surface area contributed by atoms with Crippen LogP contribution in [-0.4, -0.2) is 30.3 Å². The zero-order valence-electron chi connectivity index (χ0n) is 11.7. The van der Waals surface area contributed by atoms with Crippen molar-refractivity contribution in [2.24, 2.45) is 0 Å². The van der Waals surface area contributed by atoms with E-state index in [4.69, 9.17) is 11.6 Å². The van der Waals surface area contributed by atoms with Crippen LogP contribution in [0.15, 0.2) is 27.5 Å². The highest BCUT2D eigenvalue weighted by molar-refractivity contribution is 7.92. The predicted octanol–water partition coefficient (Wildman–Crippen LogP) is 2.33. The summed E-state index contributed by atoms with van der Waals surface area (Å²) in [7, 11) is 0. The summed E-state index contributed by atoms with van der Waals surface area (Å²) in [6.07, 6.45) is 3.09. The topological polar surface area (TPSA) is 83.7 Å². The Morgan fingerprint density at radius 1 is 1.45 bits per heavy atom. The Kier molecular flexibility index (Phi) is 4.18. The van der Waals surface area contributed by atoms with Crippen molar-refractivity contribution in [3.05, 3.63) is 33.7 Å². The number of nitrogens with zero attached hydrogens (tertiary/aromatic N) is 4. The van der Waals surface area contributed by atoms with Gasteiger partial charge in [0.15, 0.2) is 16.2 Å². The normalized spacial score (nSPS) is 12.7. The molecule has 1 unspecified atom stereocenters. The first-order chi connectivity index (χ1) is 10.5. The Bertz CT molecular complexity index is 907. The van der Waals surface area contributed by atoms with Gasteiger partial charge in [-0.3, -0.25) is 14.3 Å². The lowest BCUT2D eigenvalue weighted by Gasteiger charge is -2.08. The molecule has 3 heterocycles. The van der Waals surface area contributed by atoms with Gasteiger partial charge in [-0.1, -0.05) is 11.6 Å². The fourth-order valence-corrected chi connectivity index (χ4v) is 3.78. The summed E-state index contributed by atoms with van der Waals surface area (Å²) in [5, 5.41) is 0.515. The van der Waals surface area contributed by atoms with E-state index in [-0.39, 0.29) is 11.1 Å². The van der Waals surface area contributed by atoms with E-state index in [0.29, 0.717) is 32.3 Å². The van der Waals surface area contributed by atoms with E-state index < -0.39 is 11.2 Å². The molecule has 0 N–H and O–H groups in total. The fraction of sp³-hybridized carbons (Fsp3) is 0.231. The van der Waals surface area contributed by atoms with E-state index >= 15 is 0 Å². The zero-order chi connectivity index (χ0) is 15.9. The highest BCUT2D eigenvalue weighted by Crippen LogP contribution is 2.25. The summed E-state index contributed by atoms with van der Waals surface area (Å²) >= 11 is 5.89. The monoisotopic (exact) mass is 354 g/mol. The Morgan fingerprint density at radius 3 is 2.86 bits per heavy atom. The maximum atomic E-state index is 12.6. The maximum Gasteiger partial charge on any atom is 0.304 e. The van der Waals surface area contributed by atoms with Crippen molar-refractivity contribution >= 4 is 44.5 Å². The minimum Gasteiger partial charge on any atom is -0.610 e. The van der Waals surface area contributed by atoms with Crippen LogP contribution in [0.4, 0.5) is 0 Å². The first-order valence-electron chi connectivity index (χ1n) is 6.38. The molecule has 0 saturated heterocycles. The van der Waals surface area contributed by atoms with Crippen LogP contribution in [0, 0.1) is 0 Å². The summed E-state index contributed by atoms with van der Waals surface area (Å²) in [6, 6.07) is 3.31. The van der Waals surface area contributed by atoms with Gasteiger partial charge in [-0.2, -0.15) is 4.98 Å². The first kappa shape index (κ1) is 15.4. The number of hydrogen-bond acceptors (Lipinski definition) is 6. The Morgan fingerprint density at radius 2 is 2.23 bits per heavy atom. The zero-order valence-corrected chi connectivity index (χ0v) is 14.1. The highest BCUT2D eigenvalue weighted by Gasteiger charge is 2.20. The molecule has 0 fully saturated rings. The van der Waals surface area contributed by atoms with E-state index in [0.717, 1.165) is 11.3 Å². The molecule has 0 aliphatic heterocycles. The molecule has 0 amide bonds. The van der Waals surface area contributed by atoms with E-state index in [9.17, 15) is 9.35 Å². The van der Waals surface area contributed by atoms with E-state index in [2.05, 4.69) is 15.0 Å². The molecular formula is C13H11ClN4O2S2. The van der Waals surface area contributed by atoms with Crippen LogP contribution in [0.5, 0.6) is 0 Å². The maximum absolute atomic E-state index is 12.6. The van der Waals surface area contributed by atoms with Gasteiger partial charge in [-0.25, -0.2) is 4.98 Å². The van der Waals surface area contributed by atoms with Gasteiger partial charge in [0.1, 0.15) is 11.9 Å². The smallest absolute Gasteiger partial charge is 0.304 e. The molecule has 0 aliphatic rings. The van der Waals surface area contributed by atoms with Crippen LogP contribution in [0.2, 0.25) is 5.02 Å². The molecule has 1 atom stereocenters. The largest absolute Gasteiger partial charge is 0.610 e. The van der Waals surface area contributed by atoms with Crippen molar-refractivity contribution in [3.63, 3.8) is 0 Å². The number of thiazole rings is 1. The van der Waals surface area contributed by atoms with Crippen LogP contribution in [0.3, 0.4) is 0 Å². The standard InChI is InChI=1S/C13H11ClN4O2S2/c1-3-18-10(8-6-7(14)4-5-15-8)17-11-9(12(18)19)16-13(21-11)22(2)20/h4-6H,3H2,1-2H3. The van der Waals surface area contributed by atoms with Crippen LogP contribution in [-0.2, 0) is 17.7 Å². The quantitative estimate of drug-likeness (QED) is 0.674. The van der Waals surface area contributed by atoms with Gasteiger partial charge >= 0.3 is 4.34 Å². The third-order valence-corrected chi connectivity index (χ3v) is 5.53. The molecule has 22 heavy (non-hydrogen) atoms. The first-order valence-corrected chi connectivity index (χ1v) is 9.13. The second-order valence-corrected chi connectivity index (χ2v) is 7.40. The van der Waals surface area contributed by atoms with Gasteiger partial charge in [0.05, 0.1) is 0 Å². The second kappa shape index (κ2) is 5.96. The highest BCUT2D eigenvalue weighted by atomic mass is 35.5. The molecule has 114 valence electrons. The van der Waals surface area contributed by atoms with Gasteiger partial charge < -0.3 is 4.55 Å². The van der Waals surface area contributed by atoms with E-state index in [1.165, 1.54) is 10.8 Å². The van der Waals surface area contributed by atoms with Crippen LogP contribution >= 0.6 is 22.9 Å². The summed E-state index contributed by atoms with van der Waals surface area (Å²) in [5.41, 5.74) is 0.487. The van der Waals surface area contributed by atoms with Crippen molar-refractivity contribution in [3.8, 4) is 11.5 Å². The lowest BCUT2D eigenvalue weighted by atomic mass is 10.3. The molecule has 6 nitrogen and oxygen atoms in total. The number of rotatable bonds is 3. The minimum absolute atomic E-state index is 0.239. The minimum atomic E-state index is -1.25. The van der Waals surface area contributed by atoms with Crippen molar-refractivity contribution in [1.29, 1.82) is 0 Å². The summed E-state index contributed by atoms with van der Waals surface area (Å²) in [5.74, 6) is 0.430. The van der Waals surface area contributed by atoms with Crippen molar-refractivity contribution in [1.82, 2.24) is 19.5 Å². The fourth-order valence-electron chi connectivity index (χ4n) is 2.03. The average molecular weight is 355 g/mol. The summed E-state index contributed by atoms with van der Waals surface area (Å²) in [6.45, 7) is 2.27. The number of halogens is 1. The van der Waals surface area contributed by atoms with Gasteiger partial charge in [0.25, 0.3) is 5.56 Å². The number of aromatic nitrogens is 4. The van der Waals surface area contributed by atoms with Crippen molar-refractivity contribution in [2.75, 3.05) is 6.26 Å². The van der Waals surface area contributed by atoms with E-state index in [1.54, 1.807) is 18.3 Å².